The minimum absolute atomic E-state index is 0.178. The summed E-state index contributed by atoms with van der Waals surface area (Å²) in [7, 11) is 0. The summed E-state index contributed by atoms with van der Waals surface area (Å²) < 4.78 is 2.49. The van der Waals surface area contributed by atoms with E-state index in [2.05, 4.69) is 252 Å². The number of rotatable bonds is 8. The molecule has 0 bridgehead atoms. The van der Waals surface area contributed by atoms with Crippen molar-refractivity contribution in [3.05, 3.63) is 270 Å². The molecular weight excluding hydrogens is 773 g/mol. The first-order valence-electron chi connectivity index (χ1n) is 22.5. The average Bonchev–Trinajstić information content (AvgIpc) is 3.73. The molecule has 1 aromatic heterocycles. The zero-order valence-corrected chi connectivity index (χ0v) is 35.6. The summed E-state index contributed by atoms with van der Waals surface area (Å²) in [5, 5.41) is 6.30. The molecule has 12 rings (SSSR count). The Balaban J connectivity index is 0.971. The van der Waals surface area contributed by atoms with Crippen molar-refractivity contribution in [2.75, 3.05) is 4.90 Å². The van der Waals surface area contributed by atoms with Gasteiger partial charge >= 0.3 is 0 Å². The number of aromatic nitrogens is 1. The number of nitrogens with zero attached hydrogens (tertiary/aromatic N) is 2. The van der Waals surface area contributed by atoms with Gasteiger partial charge in [-0.15, -0.1) is 0 Å². The second-order valence-corrected chi connectivity index (χ2v) is 17.2. The maximum Gasteiger partial charge on any atom is 0.0616 e. The van der Waals surface area contributed by atoms with E-state index < -0.39 is 0 Å². The van der Waals surface area contributed by atoms with Crippen LogP contribution in [-0.4, -0.2) is 4.57 Å². The lowest BCUT2D eigenvalue weighted by Crippen LogP contribution is -2.12. The molecule has 0 amide bonds. The van der Waals surface area contributed by atoms with E-state index in [1.165, 1.54) is 82.8 Å². The molecule has 0 spiro atoms. The van der Waals surface area contributed by atoms with Crippen molar-refractivity contribution in [2.24, 2.45) is 0 Å². The van der Waals surface area contributed by atoms with Crippen LogP contribution in [-0.2, 0) is 0 Å². The predicted octanol–water partition coefficient (Wildman–Crippen LogP) is 16.6. The Bertz CT molecular complexity index is 3430. The highest BCUT2D eigenvalue weighted by atomic mass is 15.1. The van der Waals surface area contributed by atoms with Crippen LogP contribution in [0, 0.1) is 0 Å². The molecule has 0 radical (unpaired) electrons. The number of fused-ring (bicyclic) bond motifs is 6. The average molecular weight is 819 g/mol. The second kappa shape index (κ2) is 16.1. The molecular formula is C62H46N2. The summed E-state index contributed by atoms with van der Waals surface area (Å²) >= 11 is 0. The molecule has 0 N–H and O–H groups in total. The molecule has 0 aliphatic heterocycles. The maximum atomic E-state index is 2.49. The third-order valence-corrected chi connectivity index (χ3v) is 13.4. The van der Waals surface area contributed by atoms with Crippen molar-refractivity contribution in [3.63, 3.8) is 0 Å². The van der Waals surface area contributed by atoms with Gasteiger partial charge in [-0.05, 0) is 123 Å². The fourth-order valence-electron chi connectivity index (χ4n) is 10.4. The van der Waals surface area contributed by atoms with Gasteiger partial charge in [0.2, 0.25) is 0 Å². The third kappa shape index (κ3) is 6.76. The summed E-state index contributed by atoms with van der Waals surface area (Å²) in [5.74, 6) is 0.473. The molecule has 0 fully saturated rings. The molecule has 2 atom stereocenters. The first-order chi connectivity index (χ1) is 31.7. The first-order valence-corrected chi connectivity index (χ1v) is 22.5. The molecule has 10 aromatic rings. The van der Waals surface area contributed by atoms with Gasteiger partial charge < -0.3 is 9.47 Å². The standard InChI is InChI=1S/C62H46N2/c1-4-16-43(17-5-1)50-38-51(44-18-6-2-7-19-44)40-52(39-50)46-30-34-54(35-31-46)63(56-36-32-45-20-10-11-22-48(45)41-56)55-26-14-23-49(42-55)57-28-15-29-60-61(57)59-37-33-47-21-12-13-27-58(47)62(59)64(60)53-24-8-3-9-25-53/h1-27,29-39,41-42,51,57H,28,40H2. The van der Waals surface area contributed by atoms with Crippen LogP contribution in [0.5, 0.6) is 0 Å². The van der Waals surface area contributed by atoms with E-state index in [-0.39, 0.29) is 5.92 Å². The first kappa shape index (κ1) is 37.8. The molecule has 2 heteroatoms. The summed E-state index contributed by atoms with van der Waals surface area (Å²) in [6.07, 6.45) is 11.5. The summed E-state index contributed by atoms with van der Waals surface area (Å²) in [4.78, 5) is 2.44. The normalized spacial score (nSPS) is 15.8. The van der Waals surface area contributed by atoms with Crippen molar-refractivity contribution >= 4 is 66.7 Å². The number of para-hydroxylation sites is 1. The number of benzene rings is 9. The molecule has 0 saturated heterocycles. The summed E-state index contributed by atoms with van der Waals surface area (Å²) in [6, 6.07) is 80.2. The molecule has 2 nitrogen and oxygen atoms in total. The SMILES string of the molecule is C1=Cc2c(c3ccc4ccccc4c3n2-c2ccccc2)C(c2cccc(N(c3ccc(C4=CC(c5ccccc5)=CC(c5ccccc5)C4)cc3)c3ccc4ccccc4c3)c2)C1. The highest BCUT2D eigenvalue weighted by molar-refractivity contribution is 6.10. The fourth-order valence-corrected chi connectivity index (χ4v) is 10.4. The molecule has 304 valence electrons. The number of allylic oxidation sites excluding steroid dienone is 5. The van der Waals surface area contributed by atoms with Crippen molar-refractivity contribution in [1.29, 1.82) is 0 Å². The fraction of sp³-hybridized carbons (Fsp3) is 0.0645. The second-order valence-electron chi connectivity index (χ2n) is 17.2. The van der Waals surface area contributed by atoms with Crippen LogP contribution in [0.25, 0.3) is 55.4 Å². The summed E-state index contributed by atoms with van der Waals surface area (Å²) in [5.41, 5.74) is 16.3. The lowest BCUT2D eigenvalue weighted by Gasteiger charge is -2.28. The highest BCUT2D eigenvalue weighted by Crippen LogP contribution is 2.47. The van der Waals surface area contributed by atoms with Crippen LogP contribution in [0.1, 0.15) is 58.2 Å². The Morgan fingerprint density at radius 2 is 1.12 bits per heavy atom. The van der Waals surface area contributed by atoms with Gasteiger partial charge in [-0.3, -0.25) is 0 Å². The van der Waals surface area contributed by atoms with Crippen molar-refractivity contribution < 1.29 is 0 Å². The molecule has 9 aromatic carbocycles. The zero-order chi connectivity index (χ0) is 42.4. The molecule has 2 aliphatic carbocycles. The monoisotopic (exact) mass is 818 g/mol. The van der Waals surface area contributed by atoms with Crippen LogP contribution < -0.4 is 4.90 Å². The smallest absolute Gasteiger partial charge is 0.0616 e. The Hall–Kier alpha value is -7.94. The van der Waals surface area contributed by atoms with Gasteiger partial charge in [-0.1, -0.05) is 188 Å². The Morgan fingerprint density at radius 3 is 1.94 bits per heavy atom. The van der Waals surface area contributed by atoms with Crippen LogP contribution in [0.2, 0.25) is 0 Å². The number of hydrogen-bond acceptors (Lipinski definition) is 1. The maximum absolute atomic E-state index is 2.49. The van der Waals surface area contributed by atoms with E-state index in [0.717, 1.165) is 29.9 Å². The van der Waals surface area contributed by atoms with E-state index in [1.807, 2.05) is 0 Å². The lowest BCUT2D eigenvalue weighted by atomic mass is 9.81. The van der Waals surface area contributed by atoms with Gasteiger partial charge in [-0.25, -0.2) is 0 Å². The zero-order valence-electron chi connectivity index (χ0n) is 35.6. The third-order valence-electron chi connectivity index (χ3n) is 13.4. The topological polar surface area (TPSA) is 8.17 Å². The largest absolute Gasteiger partial charge is 0.310 e. The van der Waals surface area contributed by atoms with Gasteiger partial charge in [0.1, 0.15) is 0 Å². The predicted molar refractivity (Wildman–Crippen MR) is 271 cm³/mol. The molecule has 2 aliphatic rings. The van der Waals surface area contributed by atoms with Crippen molar-refractivity contribution in [2.45, 2.75) is 24.7 Å². The van der Waals surface area contributed by atoms with E-state index in [4.69, 9.17) is 0 Å². The minimum atomic E-state index is 0.178. The van der Waals surface area contributed by atoms with Crippen molar-refractivity contribution in [3.8, 4) is 5.69 Å². The Labute approximate surface area is 375 Å². The van der Waals surface area contributed by atoms with Crippen LogP contribution >= 0.6 is 0 Å². The Morgan fingerprint density at radius 1 is 0.469 bits per heavy atom. The quantitative estimate of drug-likeness (QED) is 0.148. The molecule has 64 heavy (non-hydrogen) atoms. The summed E-state index contributed by atoms with van der Waals surface area (Å²) in [6.45, 7) is 0. The Kier molecular flexibility index (Phi) is 9.49. The van der Waals surface area contributed by atoms with E-state index >= 15 is 0 Å². The highest BCUT2D eigenvalue weighted by Gasteiger charge is 2.29. The van der Waals surface area contributed by atoms with E-state index in [0.29, 0.717) is 5.92 Å². The van der Waals surface area contributed by atoms with Crippen molar-refractivity contribution in [1.82, 2.24) is 4.57 Å². The van der Waals surface area contributed by atoms with Gasteiger partial charge in [0.05, 0.1) is 11.2 Å². The molecule has 2 unspecified atom stereocenters. The van der Waals surface area contributed by atoms with Gasteiger partial charge in [0.15, 0.2) is 0 Å². The van der Waals surface area contributed by atoms with E-state index in [9.17, 15) is 0 Å². The van der Waals surface area contributed by atoms with Crippen LogP contribution in [0.4, 0.5) is 17.1 Å². The number of anilines is 3. The van der Waals surface area contributed by atoms with Crippen LogP contribution in [0.3, 0.4) is 0 Å². The number of hydrogen-bond donors (Lipinski definition) is 0. The van der Waals surface area contributed by atoms with Gasteiger partial charge in [0.25, 0.3) is 0 Å². The molecule has 0 saturated carbocycles. The van der Waals surface area contributed by atoms with E-state index in [1.54, 1.807) is 0 Å². The van der Waals surface area contributed by atoms with Crippen LogP contribution in [0.15, 0.2) is 237 Å². The minimum Gasteiger partial charge on any atom is -0.310 e. The van der Waals surface area contributed by atoms with Gasteiger partial charge in [0, 0.05) is 45.4 Å². The molecule has 1 heterocycles. The lowest BCUT2D eigenvalue weighted by molar-refractivity contribution is 0.819. The van der Waals surface area contributed by atoms with Gasteiger partial charge in [-0.2, -0.15) is 0 Å².